The van der Waals surface area contributed by atoms with Crippen molar-refractivity contribution in [2.24, 2.45) is 0 Å². The van der Waals surface area contributed by atoms with Gasteiger partial charge in [0.25, 0.3) is 5.56 Å². The van der Waals surface area contributed by atoms with Gasteiger partial charge < -0.3 is 15.3 Å². The fourth-order valence-electron chi connectivity index (χ4n) is 4.66. The summed E-state index contributed by atoms with van der Waals surface area (Å²) in [7, 11) is 0. The zero-order valence-electron chi connectivity index (χ0n) is 21.6. The molecule has 3 heterocycles. The largest absolute Gasteiger partial charge is 0.393 e. The van der Waals surface area contributed by atoms with Crippen LogP contribution in [0.3, 0.4) is 0 Å². The highest BCUT2D eigenvalue weighted by atomic mass is 19.1. The van der Waals surface area contributed by atoms with Crippen LogP contribution in [0, 0.1) is 17.1 Å². The van der Waals surface area contributed by atoms with Gasteiger partial charge >= 0.3 is 0 Å². The summed E-state index contributed by atoms with van der Waals surface area (Å²) in [6.07, 6.45) is 1.74. The molecule has 0 aliphatic heterocycles. The van der Waals surface area contributed by atoms with Gasteiger partial charge in [-0.15, -0.1) is 0 Å². The van der Waals surface area contributed by atoms with E-state index in [1.165, 1.54) is 24.5 Å². The van der Waals surface area contributed by atoms with Gasteiger partial charge in [-0.1, -0.05) is 26.8 Å². The molecule has 0 saturated heterocycles. The molecule has 0 radical (unpaired) electrons. The van der Waals surface area contributed by atoms with Crippen molar-refractivity contribution in [3.63, 3.8) is 0 Å². The van der Waals surface area contributed by atoms with Crippen LogP contribution in [0.25, 0.3) is 33.2 Å². The first kappa shape index (κ1) is 26.2. The van der Waals surface area contributed by atoms with E-state index in [1.807, 2.05) is 20.8 Å². The zero-order chi connectivity index (χ0) is 28.1. The van der Waals surface area contributed by atoms with Gasteiger partial charge in [-0.25, -0.2) is 9.37 Å². The van der Waals surface area contributed by atoms with Crippen molar-refractivity contribution in [2.75, 3.05) is 6.61 Å². The van der Waals surface area contributed by atoms with Crippen LogP contribution >= 0.6 is 0 Å². The highest BCUT2D eigenvalue weighted by molar-refractivity contribution is 5.86. The highest BCUT2D eigenvalue weighted by Gasteiger charge is 2.22. The van der Waals surface area contributed by atoms with Crippen molar-refractivity contribution in [1.29, 1.82) is 5.26 Å². The number of nitriles is 1. The fraction of sp³-hybridized carbons (Fsp3) is 0.241. The molecule has 5 aromatic rings. The van der Waals surface area contributed by atoms with Crippen LogP contribution in [0.2, 0.25) is 0 Å². The van der Waals surface area contributed by atoms with E-state index in [4.69, 9.17) is 0 Å². The monoisotopic (exact) mass is 527 g/mol. The van der Waals surface area contributed by atoms with E-state index < -0.39 is 30.7 Å². The summed E-state index contributed by atoms with van der Waals surface area (Å²) in [5.74, 6) is -0.658. The van der Waals surface area contributed by atoms with Gasteiger partial charge in [-0.3, -0.25) is 9.36 Å². The third-order valence-electron chi connectivity index (χ3n) is 6.79. The van der Waals surface area contributed by atoms with E-state index in [9.17, 15) is 25.4 Å². The topological polar surface area (TPSA) is 137 Å². The Morgan fingerprint density at radius 2 is 1.87 bits per heavy atom. The smallest absolute Gasteiger partial charge is 0.282 e. The van der Waals surface area contributed by atoms with E-state index in [0.29, 0.717) is 27.7 Å². The van der Waals surface area contributed by atoms with Crippen molar-refractivity contribution < 1.29 is 19.7 Å². The molecular weight excluding hydrogens is 501 g/mol. The summed E-state index contributed by atoms with van der Waals surface area (Å²) in [4.78, 5) is 18.0. The predicted molar refractivity (Wildman–Crippen MR) is 143 cm³/mol. The van der Waals surface area contributed by atoms with Crippen LogP contribution in [-0.2, 0) is 12.0 Å². The van der Waals surface area contributed by atoms with Crippen LogP contribution in [0.1, 0.15) is 49.3 Å². The quantitative estimate of drug-likeness (QED) is 0.318. The number of pyridine rings is 1. The zero-order valence-corrected chi connectivity index (χ0v) is 21.6. The number of hydrogen-bond acceptors (Lipinski definition) is 7. The summed E-state index contributed by atoms with van der Waals surface area (Å²) >= 11 is 0. The minimum atomic E-state index is -1.22. The Kier molecular flexibility index (Phi) is 6.52. The maximum absolute atomic E-state index is 15.2. The SMILES string of the molecule is CC(C)(C)c1cc(F)c2c(=O)n(-c3cccc(-n4cc(C#N)c5ccc(C(O)CO)nc54)c3CO)ncc2c1. The van der Waals surface area contributed by atoms with E-state index in [0.717, 1.165) is 10.2 Å². The molecule has 2 aromatic carbocycles. The van der Waals surface area contributed by atoms with Crippen LogP contribution in [0.5, 0.6) is 0 Å². The molecule has 9 nitrogen and oxygen atoms in total. The van der Waals surface area contributed by atoms with E-state index in [2.05, 4.69) is 16.2 Å². The number of fused-ring (bicyclic) bond motifs is 2. The molecule has 0 saturated carbocycles. The van der Waals surface area contributed by atoms with Crippen LogP contribution in [-0.4, -0.2) is 41.3 Å². The molecule has 0 aliphatic rings. The maximum Gasteiger partial charge on any atom is 0.282 e. The molecule has 0 bridgehead atoms. The average Bonchev–Trinajstić information content (AvgIpc) is 3.29. The maximum atomic E-state index is 15.2. The van der Waals surface area contributed by atoms with Crippen molar-refractivity contribution in [3.8, 4) is 17.4 Å². The summed E-state index contributed by atoms with van der Waals surface area (Å²) in [6.45, 7) is 4.81. The molecule has 1 atom stereocenters. The van der Waals surface area contributed by atoms with Gasteiger partial charge in [-0.05, 0) is 47.4 Å². The second-order valence-corrected chi connectivity index (χ2v) is 10.3. The molecule has 3 N–H and O–H groups in total. The van der Waals surface area contributed by atoms with E-state index in [-0.39, 0.29) is 27.7 Å². The molecule has 39 heavy (non-hydrogen) atoms. The summed E-state index contributed by atoms with van der Waals surface area (Å²) in [5.41, 5.74) is 1.45. The molecule has 0 spiro atoms. The van der Waals surface area contributed by atoms with Crippen LogP contribution in [0.4, 0.5) is 4.39 Å². The van der Waals surface area contributed by atoms with Gasteiger partial charge in [0, 0.05) is 22.5 Å². The Morgan fingerprint density at radius 1 is 1.13 bits per heavy atom. The molecule has 0 fully saturated rings. The second kappa shape index (κ2) is 9.71. The third kappa shape index (κ3) is 4.36. The number of aliphatic hydroxyl groups excluding tert-OH is 3. The van der Waals surface area contributed by atoms with Gasteiger partial charge in [0.05, 0.1) is 47.4 Å². The molecule has 5 rings (SSSR count). The average molecular weight is 528 g/mol. The fourth-order valence-corrected chi connectivity index (χ4v) is 4.66. The number of rotatable bonds is 5. The highest BCUT2D eigenvalue weighted by Crippen LogP contribution is 2.30. The molecule has 10 heteroatoms. The Bertz CT molecular complexity index is 1850. The Balaban J connectivity index is 1.75. The van der Waals surface area contributed by atoms with E-state index >= 15 is 4.39 Å². The van der Waals surface area contributed by atoms with Crippen LogP contribution < -0.4 is 5.56 Å². The Hall–Kier alpha value is -4.43. The first-order valence-electron chi connectivity index (χ1n) is 12.3. The summed E-state index contributed by atoms with van der Waals surface area (Å²) in [5, 5.41) is 44.7. The lowest BCUT2D eigenvalue weighted by atomic mass is 9.86. The first-order chi connectivity index (χ1) is 18.6. The lowest BCUT2D eigenvalue weighted by Crippen LogP contribution is -2.24. The Morgan fingerprint density at radius 3 is 2.54 bits per heavy atom. The van der Waals surface area contributed by atoms with Crippen molar-refractivity contribution in [1.82, 2.24) is 19.3 Å². The summed E-state index contributed by atoms with van der Waals surface area (Å²) in [6, 6.07) is 13.3. The second-order valence-electron chi connectivity index (χ2n) is 10.3. The van der Waals surface area contributed by atoms with Gasteiger partial charge in [0.2, 0.25) is 0 Å². The normalized spacial score (nSPS) is 12.7. The number of benzene rings is 2. The van der Waals surface area contributed by atoms with Gasteiger partial charge in [-0.2, -0.15) is 15.0 Å². The molecular formula is C29H26FN5O4. The molecule has 3 aromatic heterocycles. The van der Waals surface area contributed by atoms with Crippen molar-refractivity contribution >= 4 is 21.8 Å². The lowest BCUT2D eigenvalue weighted by molar-refractivity contribution is 0.0925. The molecule has 0 aliphatic carbocycles. The first-order valence-corrected chi connectivity index (χ1v) is 12.3. The minimum absolute atomic E-state index is 0.116. The lowest BCUT2D eigenvalue weighted by Gasteiger charge is -2.20. The minimum Gasteiger partial charge on any atom is -0.393 e. The molecule has 0 amide bonds. The summed E-state index contributed by atoms with van der Waals surface area (Å²) < 4.78 is 17.8. The van der Waals surface area contributed by atoms with Crippen molar-refractivity contribution in [3.05, 3.63) is 93.4 Å². The molecule has 198 valence electrons. The van der Waals surface area contributed by atoms with Crippen LogP contribution in [0.15, 0.2) is 59.7 Å². The molecule has 1 unspecified atom stereocenters. The predicted octanol–water partition coefficient (Wildman–Crippen LogP) is 3.55. The standard InChI is InChI=1S/C29H26FN5O4/c1-29(2,3)18-9-16-12-32-35(28(39)26(16)21(30)10-18)24-6-4-5-23(20(24)14-36)34-13-17(11-31)19-7-8-22(25(38)15-37)33-27(19)34/h4-10,12-13,25,36-38H,14-15H2,1-3H3. The van der Waals surface area contributed by atoms with Crippen molar-refractivity contribution in [2.45, 2.75) is 38.9 Å². The number of aliphatic hydroxyl groups is 3. The van der Waals surface area contributed by atoms with E-state index in [1.54, 1.807) is 34.9 Å². The number of hydrogen-bond donors (Lipinski definition) is 3. The number of nitrogens with zero attached hydrogens (tertiary/aromatic N) is 5. The third-order valence-corrected chi connectivity index (χ3v) is 6.79. The number of aromatic nitrogens is 4. The van der Waals surface area contributed by atoms with Gasteiger partial charge in [0.1, 0.15) is 23.6 Å². The number of halogens is 1. The van der Waals surface area contributed by atoms with Gasteiger partial charge in [0.15, 0.2) is 0 Å². The Labute approximate surface area is 222 Å².